The van der Waals surface area contributed by atoms with Gasteiger partial charge in [0.25, 0.3) is 0 Å². The van der Waals surface area contributed by atoms with Crippen molar-refractivity contribution in [2.24, 2.45) is 5.92 Å². The van der Waals surface area contributed by atoms with Gasteiger partial charge in [-0.05, 0) is 57.1 Å². The van der Waals surface area contributed by atoms with Crippen molar-refractivity contribution in [1.82, 2.24) is 10.3 Å². The Bertz CT molecular complexity index is 545. The van der Waals surface area contributed by atoms with Gasteiger partial charge in [0.2, 0.25) is 0 Å². The monoisotopic (exact) mass is 300 g/mol. The molecule has 1 N–H and O–H groups in total. The lowest BCUT2D eigenvalue weighted by atomic mass is 9.94. The molecule has 0 amide bonds. The molecular weight excluding hydrogens is 276 g/mol. The van der Waals surface area contributed by atoms with Gasteiger partial charge in [0.1, 0.15) is 0 Å². The third-order valence-electron chi connectivity index (χ3n) is 4.26. The van der Waals surface area contributed by atoms with Crippen LogP contribution in [0, 0.1) is 12.8 Å². The highest BCUT2D eigenvalue weighted by atomic mass is 32.1. The lowest BCUT2D eigenvalue weighted by Gasteiger charge is -2.17. The van der Waals surface area contributed by atoms with Crippen molar-refractivity contribution in [3.05, 3.63) is 52.0 Å². The van der Waals surface area contributed by atoms with Crippen LogP contribution in [0.15, 0.2) is 35.8 Å². The normalized spacial score (nSPS) is 16.0. The molecule has 0 spiro atoms. The first-order chi connectivity index (χ1) is 10.3. The summed E-state index contributed by atoms with van der Waals surface area (Å²) in [7, 11) is 0. The Balaban J connectivity index is 1.56. The van der Waals surface area contributed by atoms with Crippen molar-refractivity contribution in [2.75, 3.05) is 6.54 Å². The lowest BCUT2D eigenvalue weighted by Crippen LogP contribution is -2.26. The Labute approximate surface area is 131 Å². The molecule has 1 aromatic carbocycles. The SMILES string of the molecule is Cc1ncsc1CCC(CNC1CC1)Cc1ccccc1. The molecule has 3 rings (SSSR count). The number of hydrogen-bond acceptors (Lipinski definition) is 3. The molecule has 3 heteroatoms. The molecule has 0 aliphatic heterocycles. The van der Waals surface area contributed by atoms with Gasteiger partial charge >= 0.3 is 0 Å². The minimum atomic E-state index is 0.717. The number of benzene rings is 1. The highest BCUT2D eigenvalue weighted by molar-refractivity contribution is 7.09. The Kier molecular flexibility index (Phi) is 5.04. The fourth-order valence-electron chi connectivity index (χ4n) is 2.75. The van der Waals surface area contributed by atoms with Crippen LogP contribution in [0.4, 0.5) is 0 Å². The van der Waals surface area contributed by atoms with E-state index in [2.05, 4.69) is 47.6 Å². The fraction of sp³-hybridized carbons (Fsp3) is 0.500. The van der Waals surface area contributed by atoms with Crippen molar-refractivity contribution in [1.29, 1.82) is 0 Å². The molecule has 1 aliphatic carbocycles. The quantitative estimate of drug-likeness (QED) is 0.797. The van der Waals surface area contributed by atoms with Gasteiger partial charge in [0.05, 0.1) is 11.2 Å². The van der Waals surface area contributed by atoms with Gasteiger partial charge in [-0.25, -0.2) is 4.98 Å². The zero-order valence-corrected chi connectivity index (χ0v) is 13.5. The summed E-state index contributed by atoms with van der Waals surface area (Å²) in [4.78, 5) is 5.82. The average molecular weight is 300 g/mol. The van der Waals surface area contributed by atoms with Crippen molar-refractivity contribution in [3.63, 3.8) is 0 Å². The summed E-state index contributed by atoms with van der Waals surface area (Å²) in [6, 6.07) is 11.7. The van der Waals surface area contributed by atoms with E-state index in [-0.39, 0.29) is 0 Å². The van der Waals surface area contributed by atoms with Gasteiger partial charge in [-0.3, -0.25) is 0 Å². The maximum Gasteiger partial charge on any atom is 0.0797 e. The molecule has 1 unspecified atom stereocenters. The molecular formula is C18H24N2S. The third-order valence-corrected chi connectivity index (χ3v) is 5.26. The van der Waals surface area contributed by atoms with E-state index < -0.39 is 0 Å². The maximum atomic E-state index is 4.37. The average Bonchev–Trinajstić information content (AvgIpc) is 3.25. The highest BCUT2D eigenvalue weighted by Gasteiger charge is 2.22. The van der Waals surface area contributed by atoms with Gasteiger partial charge in [0.15, 0.2) is 0 Å². The number of hydrogen-bond donors (Lipinski definition) is 1. The molecule has 1 aliphatic rings. The van der Waals surface area contributed by atoms with E-state index in [4.69, 9.17) is 0 Å². The summed E-state index contributed by atoms with van der Waals surface area (Å²) >= 11 is 1.80. The molecule has 112 valence electrons. The summed E-state index contributed by atoms with van der Waals surface area (Å²) in [5.74, 6) is 0.717. The molecule has 0 bridgehead atoms. The Morgan fingerprint density at radius 2 is 2.10 bits per heavy atom. The second-order valence-corrected chi connectivity index (χ2v) is 7.08. The molecule has 0 saturated heterocycles. The fourth-order valence-corrected chi connectivity index (χ4v) is 3.54. The van der Waals surface area contributed by atoms with Crippen LogP contribution in [0.25, 0.3) is 0 Å². The number of aromatic nitrogens is 1. The minimum Gasteiger partial charge on any atom is -0.314 e. The number of rotatable bonds is 8. The van der Waals surface area contributed by atoms with Crippen LogP contribution in [-0.4, -0.2) is 17.6 Å². The van der Waals surface area contributed by atoms with Gasteiger partial charge in [-0.15, -0.1) is 11.3 Å². The number of thiazole rings is 1. The number of nitrogens with one attached hydrogen (secondary N) is 1. The molecule has 1 saturated carbocycles. The van der Waals surface area contributed by atoms with E-state index in [0.717, 1.165) is 18.5 Å². The zero-order chi connectivity index (χ0) is 14.5. The summed E-state index contributed by atoms with van der Waals surface area (Å²) in [6.07, 6.45) is 6.33. The van der Waals surface area contributed by atoms with Crippen molar-refractivity contribution in [3.8, 4) is 0 Å². The van der Waals surface area contributed by atoms with Crippen molar-refractivity contribution >= 4 is 11.3 Å². The number of nitrogens with zero attached hydrogens (tertiary/aromatic N) is 1. The van der Waals surface area contributed by atoms with Crippen LogP contribution in [-0.2, 0) is 12.8 Å². The highest BCUT2D eigenvalue weighted by Crippen LogP contribution is 2.22. The molecule has 0 radical (unpaired) electrons. The van der Waals surface area contributed by atoms with E-state index in [1.54, 1.807) is 11.3 Å². The van der Waals surface area contributed by atoms with Gasteiger partial charge in [-0.1, -0.05) is 30.3 Å². The zero-order valence-electron chi connectivity index (χ0n) is 12.7. The van der Waals surface area contributed by atoms with Crippen LogP contribution in [0.3, 0.4) is 0 Å². The number of aryl methyl sites for hydroxylation is 2. The lowest BCUT2D eigenvalue weighted by molar-refractivity contribution is 0.442. The van der Waals surface area contributed by atoms with Gasteiger partial charge < -0.3 is 5.32 Å². The van der Waals surface area contributed by atoms with E-state index in [9.17, 15) is 0 Å². The Morgan fingerprint density at radius 3 is 2.76 bits per heavy atom. The maximum absolute atomic E-state index is 4.37. The first-order valence-electron chi connectivity index (χ1n) is 7.97. The second kappa shape index (κ2) is 7.19. The summed E-state index contributed by atoms with van der Waals surface area (Å²) in [6.45, 7) is 3.28. The van der Waals surface area contributed by atoms with Crippen molar-refractivity contribution < 1.29 is 0 Å². The molecule has 1 heterocycles. The van der Waals surface area contributed by atoms with E-state index in [1.807, 2.05) is 5.51 Å². The third kappa shape index (κ3) is 4.65. The van der Waals surface area contributed by atoms with Crippen LogP contribution >= 0.6 is 11.3 Å². The smallest absolute Gasteiger partial charge is 0.0797 e. The van der Waals surface area contributed by atoms with Gasteiger partial charge in [-0.2, -0.15) is 0 Å². The predicted molar refractivity (Wildman–Crippen MR) is 89.8 cm³/mol. The standard InChI is InChI=1S/C18H24N2S/c1-14-18(21-13-20-14)10-7-16(12-19-17-8-9-17)11-15-5-3-2-4-6-15/h2-6,13,16-17,19H,7-12H2,1H3. The van der Waals surface area contributed by atoms with Crippen LogP contribution in [0.1, 0.15) is 35.4 Å². The first-order valence-corrected chi connectivity index (χ1v) is 8.85. The molecule has 2 aromatic rings. The Hall–Kier alpha value is -1.19. The van der Waals surface area contributed by atoms with E-state index >= 15 is 0 Å². The van der Waals surface area contributed by atoms with Crippen LogP contribution < -0.4 is 5.32 Å². The topological polar surface area (TPSA) is 24.9 Å². The largest absolute Gasteiger partial charge is 0.314 e. The van der Waals surface area contributed by atoms with Crippen LogP contribution in [0.2, 0.25) is 0 Å². The molecule has 1 fully saturated rings. The first kappa shape index (κ1) is 14.7. The summed E-state index contributed by atoms with van der Waals surface area (Å²) in [5.41, 5.74) is 4.65. The summed E-state index contributed by atoms with van der Waals surface area (Å²) in [5, 5.41) is 3.71. The van der Waals surface area contributed by atoms with Crippen molar-refractivity contribution in [2.45, 2.75) is 45.1 Å². The van der Waals surface area contributed by atoms with E-state index in [1.165, 1.54) is 48.2 Å². The van der Waals surface area contributed by atoms with Crippen LogP contribution in [0.5, 0.6) is 0 Å². The summed E-state index contributed by atoms with van der Waals surface area (Å²) < 4.78 is 0. The Morgan fingerprint density at radius 1 is 1.29 bits per heavy atom. The van der Waals surface area contributed by atoms with Gasteiger partial charge in [0, 0.05) is 10.9 Å². The molecule has 1 aromatic heterocycles. The van der Waals surface area contributed by atoms with E-state index in [0.29, 0.717) is 0 Å². The molecule has 21 heavy (non-hydrogen) atoms. The minimum absolute atomic E-state index is 0.717. The molecule has 2 nitrogen and oxygen atoms in total. The second-order valence-electron chi connectivity index (χ2n) is 6.14. The molecule has 1 atom stereocenters. The predicted octanol–water partition coefficient (Wildman–Crippen LogP) is 4.00.